The summed E-state index contributed by atoms with van der Waals surface area (Å²) in [6.45, 7) is 0. The molecule has 10 heteroatoms. The van der Waals surface area contributed by atoms with Crippen LogP contribution in [-0.4, -0.2) is 27.3 Å². The second-order valence-corrected chi connectivity index (χ2v) is 5.20. The first-order valence-electron chi connectivity index (χ1n) is 6.41. The lowest BCUT2D eigenvalue weighted by atomic mass is 10.2. The summed E-state index contributed by atoms with van der Waals surface area (Å²) in [4.78, 5) is 35.9. The summed E-state index contributed by atoms with van der Waals surface area (Å²) in [5.41, 5.74) is 1.49. The lowest BCUT2D eigenvalue weighted by Gasteiger charge is -2.01. The molecule has 0 fully saturated rings. The number of hydrogen-bond donors (Lipinski definition) is 3. The zero-order valence-electron chi connectivity index (χ0n) is 11.6. The first kappa shape index (κ1) is 16.9. The number of aryl methyl sites for hydroxylation is 1. The molecule has 0 saturated heterocycles. The van der Waals surface area contributed by atoms with Crippen molar-refractivity contribution in [1.82, 2.24) is 20.6 Å². The van der Waals surface area contributed by atoms with Crippen LogP contribution in [0.2, 0.25) is 10.0 Å². The van der Waals surface area contributed by atoms with Gasteiger partial charge in [-0.1, -0.05) is 29.3 Å². The Morgan fingerprint density at radius 1 is 1.30 bits per heavy atom. The highest BCUT2D eigenvalue weighted by Crippen LogP contribution is 2.21. The zero-order chi connectivity index (χ0) is 16.8. The van der Waals surface area contributed by atoms with Crippen molar-refractivity contribution in [2.75, 3.05) is 0 Å². The first-order valence-corrected chi connectivity index (χ1v) is 7.17. The molecule has 0 bridgehead atoms. The number of carbonyl (C=O) groups excluding carboxylic acids is 1. The standard InChI is InChI=1S/C13H11Cl2N5O3/c14-8-2-1-3-9(15)7(8)6-16-19-11(21)5-4-10-12(22)17-13(23)20-18-10/h1-3,6H,4-5H2,(H,19,21)(H2,17,20,22,23). The number of H-pyrrole nitrogens is 2. The van der Waals surface area contributed by atoms with Crippen molar-refractivity contribution in [3.8, 4) is 0 Å². The number of carbonyl (C=O) groups is 1. The quantitative estimate of drug-likeness (QED) is 0.543. The molecular formula is C13H11Cl2N5O3. The first-order chi connectivity index (χ1) is 11.0. The summed E-state index contributed by atoms with van der Waals surface area (Å²) < 4.78 is 0. The molecule has 2 rings (SSSR count). The summed E-state index contributed by atoms with van der Waals surface area (Å²) in [5.74, 6) is -0.433. The number of aromatic nitrogens is 3. The maximum atomic E-state index is 11.7. The minimum Gasteiger partial charge on any atom is -0.273 e. The van der Waals surface area contributed by atoms with E-state index in [1.165, 1.54) is 6.21 Å². The topological polar surface area (TPSA) is 120 Å². The maximum Gasteiger partial charge on any atom is 0.342 e. The van der Waals surface area contributed by atoms with Gasteiger partial charge < -0.3 is 0 Å². The monoisotopic (exact) mass is 355 g/mol. The Labute approximate surface area is 139 Å². The molecule has 0 saturated carbocycles. The minimum absolute atomic E-state index is 0.0320. The Morgan fingerprint density at radius 2 is 2.00 bits per heavy atom. The molecule has 1 aromatic carbocycles. The molecule has 1 amide bonds. The van der Waals surface area contributed by atoms with E-state index in [2.05, 4.69) is 20.7 Å². The number of nitrogens with one attached hydrogen (secondary N) is 3. The fourth-order valence-corrected chi connectivity index (χ4v) is 2.13. The highest BCUT2D eigenvalue weighted by atomic mass is 35.5. The van der Waals surface area contributed by atoms with Crippen LogP contribution in [0.4, 0.5) is 0 Å². The van der Waals surface area contributed by atoms with E-state index < -0.39 is 17.2 Å². The Hall–Kier alpha value is -2.45. The molecule has 0 atom stereocenters. The highest BCUT2D eigenvalue weighted by molar-refractivity contribution is 6.38. The van der Waals surface area contributed by atoms with E-state index in [-0.39, 0.29) is 18.5 Å². The molecule has 0 unspecified atom stereocenters. The van der Waals surface area contributed by atoms with E-state index >= 15 is 0 Å². The maximum absolute atomic E-state index is 11.7. The third kappa shape index (κ3) is 4.76. The van der Waals surface area contributed by atoms with Crippen molar-refractivity contribution in [2.24, 2.45) is 5.10 Å². The van der Waals surface area contributed by atoms with E-state index in [0.29, 0.717) is 15.6 Å². The molecule has 23 heavy (non-hydrogen) atoms. The van der Waals surface area contributed by atoms with Crippen LogP contribution in [0.25, 0.3) is 0 Å². The Bertz CT molecular complexity index is 839. The van der Waals surface area contributed by atoms with Crippen molar-refractivity contribution in [3.63, 3.8) is 0 Å². The Morgan fingerprint density at radius 3 is 2.65 bits per heavy atom. The van der Waals surface area contributed by atoms with Crippen molar-refractivity contribution in [2.45, 2.75) is 12.8 Å². The molecule has 0 radical (unpaired) electrons. The van der Waals surface area contributed by atoms with Gasteiger partial charge >= 0.3 is 5.69 Å². The van der Waals surface area contributed by atoms with E-state index in [4.69, 9.17) is 23.2 Å². The van der Waals surface area contributed by atoms with Gasteiger partial charge in [-0.05, 0) is 12.1 Å². The smallest absolute Gasteiger partial charge is 0.273 e. The number of rotatable bonds is 5. The lowest BCUT2D eigenvalue weighted by molar-refractivity contribution is -0.121. The average molecular weight is 356 g/mol. The fourth-order valence-electron chi connectivity index (χ4n) is 1.63. The third-order valence-electron chi connectivity index (χ3n) is 2.75. The van der Waals surface area contributed by atoms with Gasteiger partial charge in [0.1, 0.15) is 5.69 Å². The molecular weight excluding hydrogens is 345 g/mol. The zero-order valence-corrected chi connectivity index (χ0v) is 13.1. The van der Waals surface area contributed by atoms with Crippen molar-refractivity contribution in [1.29, 1.82) is 0 Å². The van der Waals surface area contributed by atoms with Crippen LogP contribution in [0, 0.1) is 0 Å². The van der Waals surface area contributed by atoms with Gasteiger partial charge in [0, 0.05) is 18.4 Å². The Kier molecular flexibility index (Phi) is 5.67. The Balaban J connectivity index is 1.91. The third-order valence-corrected chi connectivity index (χ3v) is 3.41. The van der Waals surface area contributed by atoms with E-state index in [0.717, 1.165) is 0 Å². The van der Waals surface area contributed by atoms with Gasteiger partial charge in [-0.15, -0.1) is 0 Å². The number of nitrogens with zero attached hydrogens (tertiary/aromatic N) is 2. The van der Waals surface area contributed by atoms with Crippen LogP contribution in [0.1, 0.15) is 17.7 Å². The number of hydrazone groups is 1. The van der Waals surface area contributed by atoms with E-state index in [1.54, 1.807) is 18.2 Å². The van der Waals surface area contributed by atoms with Gasteiger partial charge in [0.2, 0.25) is 5.91 Å². The summed E-state index contributed by atoms with van der Waals surface area (Å²) in [6, 6.07) is 4.98. The molecule has 120 valence electrons. The van der Waals surface area contributed by atoms with Crippen LogP contribution < -0.4 is 16.7 Å². The second-order valence-electron chi connectivity index (χ2n) is 4.38. The van der Waals surface area contributed by atoms with Crippen LogP contribution in [0.5, 0.6) is 0 Å². The molecule has 0 aliphatic rings. The van der Waals surface area contributed by atoms with Crippen LogP contribution in [0.15, 0.2) is 32.9 Å². The summed E-state index contributed by atoms with van der Waals surface area (Å²) in [7, 11) is 0. The van der Waals surface area contributed by atoms with Gasteiger partial charge in [-0.2, -0.15) is 10.2 Å². The number of halogens is 2. The van der Waals surface area contributed by atoms with Gasteiger partial charge in [-0.25, -0.2) is 15.3 Å². The summed E-state index contributed by atoms with van der Waals surface area (Å²) >= 11 is 11.9. The normalized spacial score (nSPS) is 10.9. The minimum atomic E-state index is -0.704. The molecule has 1 aromatic heterocycles. The van der Waals surface area contributed by atoms with Crippen LogP contribution in [-0.2, 0) is 11.2 Å². The van der Waals surface area contributed by atoms with Crippen molar-refractivity contribution >= 4 is 35.3 Å². The number of aromatic amines is 2. The molecule has 3 N–H and O–H groups in total. The number of amides is 1. The van der Waals surface area contributed by atoms with Gasteiger partial charge in [0.15, 0.2) is 0 Å². The lowest BCUT2D eigenvalue weighted by Crippen LogP contribution is -2.28. The highest BCUT2D eigenvalue weighted by Gasteiger charge is 2.07. The number of benzene rings is 1. The number of hydrogen-bond acceptors (Lipinski definition) is 5. The summed E-state index contributed by atoms with van der Waals surface area (Å²) in [6.07, 6.45) is 1.35. The van der Waals surface area contributed by atoms with E-state index in [1.807, 2.05) is 4.98 Å². The average Bonchev–Trinajstić information content (AvgIpc) is 2.49. The van der Waals surface area contributed by atoms with Crippen molar-refractivity contribution < 1.29 is 4.79 Å². The largest absolute Gasteiger partial charge is 0.342 e. The molecule has 0 aliphatic carbocycles. The fraction of sp³-hybridized carbons (Fsp3) is 0.154. The SMILES string of the molecule is O=C(CCc1n[nH]c(=O)[nH]c1=O)NN=Cc1c(Cl)cccc1Cl. The van der Waals surface area contributed by atoms with Gasteiger partial charge in [0.25, 0.3) is 5.56 Å². The molecule has 0 spiro atoms. The summed E-state index contributed by atoms with van der Waals surface area (Å²) in [5, 5.41) is 10.2. The predicted molar refractivity (Wildman–Crippen MR) is 86.0 cm³/mol. The van der Waals surface area contributed by atoms with Crippen LogP contribution >= 0.6 is 23.2 Å². The molecule has 2 aromatic rings. The predicted octanol–water partition coefficient (Wildman–Crippen LogP) is 0.848. The molecule has 1 heterocycles. The van der Waals surface area contributed by atoms with Gasteiger partial charge in [0.05, 0.1) is 16.3 Å². The van der Waals surface area contributed by atoms with Gasteiger partial charge in [-0.3, -0.25) is 14.6 Å². The molecule has 8 nitrogen and oxygen atoms in total. The van der Waals surface area contributed by atoms with E-state index in [9.17, 15) is 14.4 Å². The van der Waals surface area contributed by atoms with Crippen LogP contribution in [0.3, 0.4) is 0 Å². The molecule has 0 aliphatic heterocycles. The van der Waals surface area contributed by atoms with Crippen molar-refractivity contribution in [3.05, 3.63) is 60.3 Å². The second kappa shape index (κ2) is 7.70.